The third-order valence-electron chi connectivity index (χ3n) is 2.42. The summed E-state index contributed by atoms with van der Waals surface area (Å²) in [6, 6.07) is 7.54. The fourth-order valence-corrected chi connectivity index (χ4v) is 1.59. The van der Waals surface area contributed by atoms with E-state index in [1.54, 1.807) is 0 Å². The number of nitrogens with two attached hydrogens (primary N) is 1. The number of hydrogen-bond donors (Lipinski definition) is 1. The first-order valence-corrected chi connectivity index (χ1v) is 6.25. The van der Waals surface area contributed by atoms with Crippen molar-refractivity contribution in [3.8, 4) is 5.88 Å². The summed E-state index contributed by atoms with van der Waals surface area (Å²) >= 11 is 0. The van der Waals surface area contributed by atoms with E-state index in [4.69, 9.17) is 15.2 Å². The molecule has 0 spiro atoms. The number of rotatable bonds is 4. The SMILES string of the molecule is CC(C)(C)OCCOc1nc2ccccc2nc1N. The molecule has 1 heterocycles. The number of nitrogens with zero attached hydrogens (tertiary/aromatic N) is 2. The van der Waals surface area contributed by atoms with Crippen LogP contribution in [0.25, 0.3) is 11.0 Å². The van der Waals surface area contributed by atoms with E-state index in [1.165, 1.54) is 0 Å². The Morgan fingerprint density at radius 3 is 2.32 bits per heavy atom. The van der Waals surface area contributed by atoms with E-state index in [0.717, 1.165) is 11.0 Å². The van der Waals surface area contributed by atoms with Crippen molar-refractivity contribution in [1.82, 2.24) is 9.97 Å². The van der Waals surface area contributed by atoms with E-state index in [-0.39, 0.29) is 5.60 Å². The summed E-state index contributed by atoms with van der Waals surface area (Å²) in [6.07, 6.45) is 0. The van der Waals surface area contributed by atoms with Gasteiger partial charge in [-0.2, -0.15) is 0 Å². The van der Waals surface area contributed by atoms with Gasteiger partial charge < -0.3 is 15.2 Å². The molecule has 2 aromatic rings. The summed E-state index contributed by atoms with van der Waals surface area (Å²) in [7, 11) is 0. The van der Waals surface area contributed by atoms with Gasteiger partial charge in [-0.3, -0.25) is 0 Å². The Bertz CT molecular complexity index is 564. The minimum absolute atomic E-state index is 0.177. The lowest BCUT2D eigenvalue weighted by atomic mass is 10.2. The van der Waals surface area contributed by atoms with Crippen LogP contribution in [0.5, 0.6) is 5.88 Å². The molecule has 0 amide bonds. The van der Waals surface area contributed by atoms with Crippen molar-refractivity contribution in [2.75, 3.05) is 18.9 Å². The Balaban J connectivity index is 2.02. The number of ether oxygens (including phenoxy) is 2. The maximum atomic E-state index is 5.82. The highest BCUT2D eigenvalue weighted by Gasteiger charge is 2.11. The summed E-state index contributed by atoms with van der Waals surface area (Å²) in [5.41, 5.74) is 7.17. The van der Waals surface area contributed by atoms with Crippen LogP contribution >= 0.6 is 0 Å². The van der Waals surface area contributed by atoms with E-state index in [2.05, 4.69) is 9.97 Å². The lowest BCUT2D eigenvalue weighted by molar-refractivity contribution is -0.0167. The summed E-state index contributed by atoms with van der Waals surface area (Å²) in [5.74, 6) is 0.658. The van der Waals surface area contributed by atoms with Crippen molar-refractivity contribution in [3.63, 3.8) is 0 Å². The number of hydrogen-bond acceptors (Lipinski definition) is 5. The monoisotopic (exact) mass is 261 g/mol. The Morgan fingerprint density at radius 1 is 1.05 bits per heavy atom. The number of fused-ring (bicyclic) bond motifs is 1. The number of anilines is 1. The highest BCUT2D eigenvalue weighted by Crippen LogP contribution is 2.20. The largest absolute Gasteiger partial charge is 0.473 e. The van der Waals surface area contributed by atoms with Crippen molar-refractivity contribution < 1.29 is 9.47 Å². The van der Waals surface area contributed by atoms with Gasteiger partial charge in [-0.1, -0.05) is 12.1 Å². The third kappa shape index (κ3) is 3.79. The summed E-state index contributed by atoms with van der Waals surface area (Å²) in [6.45, 7) is 6.87. The predicted octanol–water partition coefficient (Wildman–Crippen LogP) is 2.41. The molecule has 5 nitrogen and oxygen atoms in total. The molecule has 102 valence electrons. The molecule has 0 aliphatic carbocycles. The van der Waals surface area contributed by atoms with Gasteiger partial charge in [0.2, 0.25) is 0 Å². The van der Waals surface area contributed by atoms with Crippen LogP contribution in [0.3, 0.4) is 0 Å². The molecule has 0 radical (unpaired) electrons. The Hall–Kier alpha value is -1.88. The van der Waals surface area contributed by atoms with Gasteiger partial charge in [0, 0.05) is 0 Å². The van der Waals surface area contributed by atoms with Crippen molar-refractivity contribution >= 4 is 16.9 Å². The average Bonchev–Trinajstić information content (AvgIpc) is 2.33. The van der Waals surface area contributed by atoms with Crippen LogP contribution in [0, 0.1) is 0 Å². The van der Waals surface area contributed by atoms with Crippen molar-refractivity contribution in [2.45, 2.75) is 26.4 Å². The molecule has 1 aromatic carbocycles. The van der Waals surface area contributed by atoms with Crippen LogP contribution < -0.4 is 10.5 Å². The van der Waals surface area contributed by atoms with E-state index in [0.29, 0.717) is 24.9 Å². The first-order valence-electron chi connectivity index (χ1n) is 6.25. The van der Waals surface area contributed by atoms with Crippen LogP contribution in [0.1, 0.15) is 20.8 Å². The molecule has 2 rings (SSSR count). The summed E-state index contributed by atoms with van der Waals surface area (Å²) in [4.78, 5) is 8.60. The Kier molecular flexibility index (Phi) is 3.85. The van der Waals surface area contributed by atoms with Gasteiger partial charge in [0.15, 0.2) is 5.82 Å². The van der Waals surface area contributed by atoms with Gasteiger partial charge in [-0.15, -0.1) is 0 Å². The van der Waals surface area contributed by atoms with Gasteiger partial charge in [0.1, 0.15) is 6.61 Å². The van der Waals surface area contributed by atoms with Crippen molar-refractivity contribution in [2.24, 2.45) is 0 Å². The molecule has 19 heavy (non-hydrogen) atoms. The van der Waals surface area contributed by atoms with E-state index < -0.39 is 0 Å². The smallest absolute Gasteiger partial charge is 0.257 e. The van der Waals surface area contributed by atoms with Gasteiger partial charge in [-0.05, 0) is 32.9 Å². The van der Waals surface area contributed by atoms with Crippen LogP contribution in [0.15, 0.2) is 24.3 Å². The zero-order chi connectivity index (χ0) is 13.9. The average molecular weight is 261 g/mol. The molecule has 0 fully saturated rings. The molecular formula is C14H19N3O2. The summed E-state index contributed by atoms with van der Waals surface area (Å²) < 4.78 is 11.1. The molecule has 2 N–H and O–H groups in total. The first-order chi connectivity index (χ1) is 8.96. The molecule has 5 heteroatoms. The summed E-state index contributed by atoms with van der Waals surface area (Å²) in [5, 5.41) is 0. The van der Waals surface area contributed by atoms with Crippen molar-refractivity contribution in [3.05, 3.63) is 24.3 Å². The van der Waals surface area contributed by atoms with Gasteiger partial charge >= 0.3 is 0 Å². The molecule has 0 unspecified atom stereocenters. The second-order valence-electron chi connectivity index (χ2n) is 5.21. The fourth-order valence-electron chi connectivity index (χ4n) is 1.59. The molecule has 0 saturated carbocycles. The lowest BCUT2D eigenvalue weighted by Gasteiger charge is -2.19. The third-order valence-corrected chi connectivity index (χ3v) is 2.42. The molecule has 0 bridgehead atoms. The molecule has 1 aromatic heterocycles. The molecule has 0 atom stereocenters. The maximum Gasteiger partial charge on any atom is 0.257 e. The van der Waals surface area contributed by atoms with E-state index >= 15 is 0 Å². The van der Waals surface area contributed by atoms with Crippen LogP contribution in [0.4, 0.5) is 5.82 Å². The van der Waals surface area contributed by atoms with Crippen LogP contribution in [-0.4, -0.2) is 28.8 Å². The molecular weight excluding hydrogens is 242 g/mol. The highest BCUT2D eigenvalue weighted by atomic mass is 16.5. The Labute approximate surface area is 112 Å². The molecule has 0 saturated heterocycles. The Morgan fingerprint density at radius 2 is 1.68 bits per heavy atom. The second kappa shape index (κ2) is 5.40. The van der Waals surface area contributed by atoms with E-state index in [9.17, 15) is 0 Å². The minimum Gasteiger partial charge on any atom is -0.473 e. The topological polar surface area (TPSA) is 70.3 Å². The van der Waals surface area contributed by atoms with Gasteiger partial charge in [0.25, 0.3) is 5.88 Å². The van der Waals surface area contributed by atoms with Gasteiger partial charge in [-0.25, -0.2) is 9.97 Å². The number of benzene rings is 1. The zero-order valence-corrected chi connectivity index (χ0v) is 11.5. The number of para-hydroxylation sites is 2. The normalized spacial score (nSPS) is 11.7. The molecule has 0 aliphatic rings. The zero-order valence-electron chi connectivity index (χ0n) is 11.5. The second-order valence-corrected chi connectivity index (χ2v) is 5.21. The number of nitrogen functional groups attached to an aromatic ring is 1. The number of aromatic nitrogens is 2. The lowest BCUT2D eigenvalue weighted by Crippen LogP contribution is -2.22. The molecule has 0 aliphatic heterocycles. The minimum atomic E-state index is -0.177. The van der Waals surface area contributed by atoms with Gasteiger partial charge in [0.05, 0.1) is 23.2 Å². The predicted molar refractivity (Wildman–Crippen MR) is 75.2 cm³/mol. The van der Waals surface area contributed by atoms with Crippen molar-refractivity contribution in [1.29, 1.82) is 0 Å². The quantitative estimate of drug-likeness (QED) is 0.856. The maximum absolute atomic E-state index is 5.82. The highest BCUT2D eigenvalue weighted by molar-refractivity contribution is 5.76. The van der Waals surface area contributed by atoms with Crippen LogP contribution in [-0.2, 0) is 4.74 Å². The first kappa shape index (κ1) is 13.5. The fraction of sp³-hybridized carbons (Fsp3) is 0.429. The van der Waals surface area contributed by atoms with Crippen LogP contribution in [0.2, 0.25) is 0 Å². The van der Waals surface area contributed by atoms with E-state index in [1.807, 2.05) is 45.0 Å². The standard InChI is InChI=1S/C14H19N3O2/c1-14(2,3)19-9-8-18-13-12(15)16-10-6-4-5-7-11(10)17-13/h4-7H,8-9H2,1-3H3,(H2,15,16).